The topological polar surface area (TPSA) is 61.8 Å². The second-order valence-corrected chi connectivity index (χ2v) is 5.27. The minimum Gasteiger partial charge on any atom is -0.342 e. The third-order valence-electron chi connectivity index (χ3n) is 2.98. The second-order valence-electron chi connectivity index (χ2n) is 5.27. The molecule has 0 fully saturated rings. The van der Waals surface area contributed by atoms with E-state index in [0.717, 1.165) is 31.5 Å². The van der Waals surface area contributed by atoms with Crippen LogP contribution in [0.4, 0.5) is 4.79 Å². The molecular weight excluding hydrogens is 254 g/mol. The number of urea groups is 1. The van der Waals surface area contributed by atoms with E-state index in [0.29, 0.717) is 13.1 Å². The summed E-state index contributed by atoms with van der Waals surface area (Å²) in [4.78, 5) is 29.2. The molecule has 116 valence electrons. The Balaban J connectivity index is 4.07. The highest BCUT2D eigenvalue weighted by Gasteiger charge is 2.15. The lowest BCUT2D eigenvalue weighted by atomic mass is 10.2. The molecule has 0 radical (unpaired) electrons. The molecule has 0 aliphatic carbocycles. The second kappa shape index (κ2) is 10.4. The van der Waals surface area contributed by atoms with Crippen molar-refractivity contribution < 1.29 is 9.59 Å². The monoisotopic (exact) mass is 283 g/mol. The first kappa shape index (κ1) is 18.6. The van der Waals surface area contributed by atoms with Crippen molar-refractivity contribution in [3.63, 3.8) is 0 Å². The van der Waals surface area contributed by atoms with Crippen LogP contribution in [0, 0.1) is 5.92 Å². The molecule has 0 heterocycles. The van der Waals surface area contributed by atoms with Gasteiger partial charge in [0.25, 0.3) is 0 Å². The predicted octanol–water partition coefficient (Wildman–Crippen LogP) is 2.85. The summed E-state index contributed by atoms with van der Waals surface area (Å²) in [6.07, 6.45) is 2.48. The zero-order chi connectivity index (χ0) is 15.5. The highest BCUT2D eigenvalue weighted by Crippen LogP contribution is 2.03. The van der Waals surface area contributed by atoms with Gasteiger partial charge in [-0.15, -0.1) is 0 Å². The molecule has 0 aliphatic heterocycles. The highest BCUT2D eigenvalue weighted by molar-refractivity contribution is 5.93. The van der Waals surface area contributed by atoms with Gasteiger partial charge in [-0.3, -0.25) is 4.79 Å². The summed E-state index contributed by atoms with van der Waals surface area (Å²) >= 11 is 0. The van der Waals surface area contributed by atoms with Crippen molar-refractivity contribution in [3.8, 4) is 0 Å². The van der Waals surface area contributed by atoms with Gasteiger partial charge in [0.05, 0.1) is 0 Å². The van der Waals surface area contributed by atoms with E-state index in [1.54, 1.807) is 0 Å². The molecule has 0 unspecified atom stereocenters. The summed E-state index contributed by atoms with van der Waals surface area (Å²) in [5.74, 6) is 0.200. The number of nitrogens with one attached hydrogen (secondary N) is 1. The smallest absolute Gasteiger partial charge is 0.340 e. The molecule has 5 nitrogen and oxygen atoms in total. The normalized spacial score (nSPS) is 11.6. The van der Waals surface area contributed by atoms with Crippen LogP contribution >= 0.6 is 0 Å². The summed E-state index contributed by atoms with van der Waals surface area (Å²) in [6, 6.07) is -0.290. The molecule has 0 aliphatic rings. The van der Waals surface area contributed by atoms with E-state index < -0.39 is 0 Å². The third-order valence-corrected chi connectivity index (χ3v) is 2.98. The molecule has 0 rings (SSSR count). The molecule has 0 saturated carbocycles. The SMILES string of the molecule is CCCN(CCCNC(=O)N=C(C)CC)C(=O)C(C)C. The Morgan fingerprint density at radius 1 is 1.20 bits per heavy atom. The first-order chi connectivity index (χ1) is 9.42. The maximum Gasteiger partial charge on any atom is 0.340 e. The van der Waals surface area contributed by atoms with Crippen LogP contribution in [0.1, 0.15) is 53.9 Å². The summed E-state index contributed by atoms with van der Waals surface area (Å²) < 4.78 is 0. The van der Waals surface area contributed by atoms with Crippen molar-refractivity contribution in [2.24, 2.45) is 10.9 Å². The molecule has 5 heteroatoms. The van der Waals surface area contributed by atoms with E-state index in [2.05, 4.69) is 17.2 Å². The number of amides is 3. The number of hydrogen-bond donors (Lipinski definition) is 1. The first-order valence-electron chi connectivity index (χ1n) is 7.53. The van der Waals surface area contributed by atoms with Gasteiger partial charge >= 0.3 is 6.03 Å². The zero-order valence-electron chi connectivity index (χ0n) is 13.5. The van der Waals surface area contributed by atoms with Crippen LogP contribution in [-0.2, 0) is 4.79 Å². The number of aliphatic imine (C=N–C) groups is 1. The van der Waals surface area contributed by atoms with Crippen molar-refractivity contribution in [3.05, 3.63) is 0 Å². The van der Waals surface area contributed by atoms with Crippen LogP contribution in [0.5, 0.6) is 0 Å². The number of carbonyl (C=O) groups excluding carboxylic acids is 2. The Labute approximate surface area is 122 Å². The molecule has 0 atom stereocenters. The number of hydrogen-bond acceptors (Lipinski definition) is 2. The largest absolute Gasteiger partial charge is 0.342 e. The fourth-order valence-corrected chi connectivity index (χ4v) is 1.72. The Kier molecular flexibility index (Phi) is 9.68. The Morgan fingerprint density at radius 2 is 1.85 bits per heavy atom. The fourth-order valence-electron chi connectivity index (χ4n) is 1.72. The molecular formula is C15H29N3O2. The molecule has 0 aromatic heterocycles. The molecule has 0 aromatic rings. The molecule has 0 saturated heterocycles. The maximum absolute atomic E-state index is 12.0. The van der Waals surface area contributed by atoms with Gasteiger partial charge in [0.2, 0.25) is 5.91 Å². The lowest BCUT2D eigenvalue weighted by molar-refractivity contribution is -0.134. The molecule has 20 heavy (non-hydrogen) atoms. The van der Waals surface area contributed by atoms with Crippen molar-refractivity contribution in [2.45, 2.75) is 53.9 Å². The van der Waals surface area contributed by atoms with E-state index in [9.17, 15) is 9.59 Å². The van der Waals surface area contributed by atoms with Gasteiger partial charge in [-0.2, -0.15) is 0 Å². The third kappa shape index (κ3) is 7.92. The van der Waals surface area contributed by atoms with Crippen LogP contribution < -0.4 is 5.32 Å². The van der Waals surface area contributed by atoms with Crippen molar-refractivity contribution in [1.29, 1.82) is 0 Å². The van der Waals surface area contributed by atoms with E-state index in [-0.39, 0.29) is 17.9 Å². The van der Waals surface area contributed by atoms with Crippen LogP contribution in [0.25, 0.3) is 0 Å². The average molecular weight is 283 g/mol. The van der Waals surface area contributed by atoms with Gasteiger partial charge in [-0.25, -0.2) is 9.79 Å². The summed E-state index contributed by atoms with van der Waals surface area (Å²) in [5.41, 5.74) is 0.824. The van der Waals surface area contributed by atoms with Crippen molar-refractivity contribution >= 4 is 17.6 Å². The van der Waals surface area contributed by atoms with Gasteiger partial charge in [0, 0.05) is 31.3 Å². The maximum atomic E-state index is 12.0. The van der Waals surface area contributed by atoms with Crippen LogP contribution in [0.3, 0.4) is 0 Å². The molecule has 3 amide bonds. The number of rotatable bonds is 8. The van der Waals surface area contributed by atoms with Crippen molar-refractivity contribution in [1.82, 2.24) is 10.2 Å². The molecule has 0 spiro atoms. The minimum atomic E-state index is -0.290. The minimum absolute atomic E-state index is 0.0212. The summed E-state index contributed by atoms with van der Waals surface area (Å²) in [6.45, 7) is 11.7. The van der Waals surface area contributed by atoms with E-state index in [4.69, 9.17) is 0 Å². The predicted molar refractivity (Wildman–Crippen MR) is 83.1 cm³/mol. The quantitative estimate of drug-likeness (QED) is 0.550. The molecule has 0 aromatic carbocycles. The van der Waals surface area contributed by atoms with Crippen molar-refractivity contribution in [2.75, 3.05) is 19.6 Å². The first-order valence-corrected chi connectivity index (χ1v) is 7.53. The lowest BCUT2D eigenvalue weighted by Gasteiger charge is -2.24. The highest BCUT2D eigenvalue weighted by atomic mass is 16.2. The summed E-state index contributed by atoms with van der Waals surface area (Å²) in [7, 11) is 0. The van der Waals surface area contributed by atoms with Gasteiger partial charge in [-0.05, 0) is 26.2 Å². The van der Waals surface area contributed by atoms with Crippen LogP contribution in [0.2, 0.25) is 0 Å². The van der Waals surface area contributed by atoms with Gasteiger partial charge in [0.15, 0.2) is 0 Å². The van der Waals surface area contributed by atoms with Gasteiger partial charge in [-0.1, -0.05) is 27.7 Å². The van der Waals surface area contributed by atoms with E-state index in [1.165, 1.54) is 0 Å². The Morgan fingerprint density at radius 3 is 2.35 bits per heavy atom. The Bertz CT molecular complexity index is 338. The number of carbonyl (C=O) groups is 2. The summed E-state index contributed by atoms with van der Waals surface area (Å²) in [5, 5.41) is 2.75. The van der Waals surface area contributed by atoms with E-state index >= 15 is 0 Å². The Hall–Kier alpha value is -1.39. The fraction of sp³-hybridized carbons (Fsp3) is 0.800. The number of nitrogens with zero attached hydrogens (tertiary/aromatic N) is 2. The standard InChI is InChI=1S/C15H29N3O2/c1-6-10-18(14(19)12(3)4)11-8-9-16-15(20)17-13(5)7-2/h12H,6-11H2,1-5H3,(H,16,20). The van der Waals surface area contributed by atoms with Gasteiger partial charge < -0.3 is 10.2 Å². The zero-order valence-corrected chi connectivity index (χ0v) is 13.5. The van der Waals surface area contributed by atoms with Crippen LogP contribution in [0.15, 0.2) is 4.99 Å². The van der Waals surface area contributed by atoms with Gasteiger partial charge in [0.1, 0.15) is 0 Å². The van der Waals surface area contributed by atoms with Crippen LogP contribution in [-0.4, -0.2) is 42.2 Å². The van der Waals surface area contributed by atoms with E-state index in [1.807, 2.05) is 32.6 Å². The average Bonchev–Trinajstić information content (AvgIpc) is 2.41. The molecule has 0 bridgehead atoms. The molecule has 1 N–H and O–H groups in total. The lowest BCUT2D eigenvalue weighted by Crippen LogP contribution is -2.37.